The molecule has 1 amide bonds. The molecule has 0 aliphatic heterocycles. The number of hydrogen-bond acceptors (Lipinski definition) is 4. The molecule has 0 aromatic rings. The highest BCUT2D eigenvalue weighted by molar-refractivity contribution is 5.77. The second-order valence-electron chi connectivity index (χ2n) is 5.80. The number of ether oxygens (including phenoxy) is 1. The van der Waals surface area contributed by atoms with E-state index in [-0.39, 0.29) is 38.6 Å². The molecule has 5 nitrogen and oxygen atoms in total. The van der Waals surface area contributed by atoms with Crippen molar-refractivity contribution in [2.45, 2.75) is 46.1 Å². The van der Waals surface area contributed by atoms with Crippen molar-refractivity contribution >= 4 is 5.91 Å². The Hall–Kier alpha value is -0.650. The van der Waals surface area contributed by atoms with Crippen molar-refractivity contribution in [3.8, 4) is 0 Å². The van der Waals surface area contributed by atoms with Crippen LogP contribution >= 0.6 is 0 Å². The zero-order valence-electron chi connectivity index (χ0n) is 12.7. The van der Waals surface area contributed by atoms with Gasteiger partial charge in [0, 0.05) is 19.7 Å². The Bertz CT molecular complexity index is 248. The summed E-state index contributed by atoms with van der Waals surface area (Å²) in [4.78, 5) is 13.5. The highest BCUT2D eigenvalue weighted by Gasteiger charge is 2.25. The molecular formula is C14H29NO4. The van der Waals surface area contributed by atoms with E-state index >= 15 is 0 Å². The first-order valence-corrected chi connectivity index (χ1v) is 6.96. The molecule has 0 aromatic heterocycles. The Balaban J connectivity index is 4.24. The Morgan fingerprint density at radius 3 is 2.16 bits per heavy atom. The van der Waals surface area contributed by atoms with Crippen LogP contribution in [0.25, 0.3) is 0 Å². The molecule has 0 saturated carbocycles. The highest BCUT2D eigenvalue weighted by Crippen LogP contribution is 2.17. The lowest BCUT2D eigenvalue weighted by Crippen LogP contribution is -2.40. The first-order valence-electron chi connectivity index (χ1n) is 6.96. The number of carbonyl (C=O) groups is 1. The summed E-state index contributed by atoms with van der Waals surface area (Å²) in [5, 5.41) is 17.8. The van der Waals surface area contributed by atoms with Crippen LogP contribution in [0.2, 0.25) is 0 Å². The Labute approximate surface area is 116 Å². The largest absolute Gasteiger partial charge is 0.395 e. The Morgan fingerprint density at radius 2 is 1.74 bits per heavy atom. The molecule has 0 unspecified atom stereocenters. The fourth-order valence-electron chi connectivity index (χ4n) is 1.70. The molecule has 0 saturated heterocycles. The van der Waals surface area contributed by atoms with Gasteiger partial charge >= 0.3 is 0 Å². The predicted octanol–water partition coefficient (Wildman–Crippen LogP) is 1.03. The molecule has 0 rings (SSSR count). The third kappa shape index (κ3) is 8.97. The van der Waals surface area contributed by atoms with Gasteiger partial charge in [0.25, 0.3) is 0 Å². The van der Waals surface area contributed by atoms with E-state index in [2.05, 4.69) is 13.8 Å². The molecule has 19 heavy (non-hydrogen) atoms. The van der Waals surface area contributed by atoms with Gasteiger partial charge in [-0.3, -0.25) is 4.79 Å². The minimum Gasteiger partial charge on any atom is -0.395 e. The fraction of sp³-hybridized carbons (Fsp3) is 0.929. The van der Waals surface area contributed by atoms with Gasteiger partial charge in [-0.15, -0.1) is 0 Å². The molecule has 0 atom stereocenters. The molecule has 0 radical (unpaired) electrons. The van der Waals surface area contributed by atoms with E-state index in [1.165, 1.54) is 4.90 Å². The van der Waals surface area contributed by atoms with Crippen molar-refractivity contribution < 1.29 is 19.7 Å². The van der Waals surface area contributed by atoms with Gasteiger partial charge in [0.1, 0.15) is 0 Å². The predicted molar refractivity (Wildman–Crippen MR) is 74.9 cm³/mol. The van der Waals surface area contributed by atoms with Gasteiger partial charge in [-0.2, -0.15) is 0 Å². The molecule has 0 aromatic carbocycles. The van der Waals surface area contributed by atoms with E-state index in [9.17, 15) is 4.79 Å². The van der Waals surface area contributed by atoms with E-state index in [1.807, 2.05) is 13.8 Å². The molecule has 2 N–H and O–H groups in total. The smallest absolute Gasteiger partial charge is 0.225 e. The summed E-state index contributed by atoms with van der Waals surface area (Å²) in [6.45, 7) is 8.99. The number of carbonyl (C=O) groups excluding carboxylic acids is 1. The number of aliphatic hydroxyl groups is 2. The van der Waals surface area contributed by atoms with Gasteiger partial charge < -0.3 is 19.8 Å². The molecule has 5 heteroatoms. The summed E-state index contributed by atoms with van der Waals surface area (Å²) in [5.74, 6) is 0.476. The van der Waals surface area contributed by atoms with Crippen molar-refractivity contribution in [1.29, 1.82) is 0 Å². The number of rotatable bonds is 10. The first-order chi connectivity index (χ1) is 8.82. The van der Waals surface area contributed by atoms with E-state index in [0.717, 1.165) is 6.42 Å². The monoisotopic (exact) mass is 275 g/mol. The van der Waals surface area contributed by atoms with Gasteiger partial charge in [0.05, 0.1) is 25.2 Å². The molecule has 114 valence electrons. The summed E-state index contributed by atoms with van der Waals surface area (Å²) in [5.41, 5.74) is -0.519. The Kier molecular flexibility index (Phi) is 8.97. The second-order valence-corrected chi connectivity index (χ2v) is 5.80. The molecule has 0 heterocycles. The maximum atomic E-state index is 12.1. The van der Waals surface area contributed by atoms with Crippen molar-refractivity contribution in [2.24, 2.45) is 5.92 Å². The van der Waals surface area contributed by atoms with Crippen LogP contribution in [0.3, 0.4) is 0 Å². The zero-order valence-corrected chi connectivity index (χ0v) is 12.7. The minimum absolute atomic E-state index is 0.0969. The quantitative estimate of drug-likeness (QED) is 0.625. The van der Waals surface area contributed by atoms with Crippen molar-refractivity contribution in [3.05, 3.63) is 0 Å². The van der Waals surface area contributed by atoms with Crippen LogP contribution in [-0.4, -0.2) is 59.5 Å². The lowest BCUT2D eigenvalue weighted by Gasteiger charge is -2.29. The van der Waals surface area contributed by atoms with Gasteiger partial charge in [-0.05, 0) is 26.2 Å². The van der Waals surface area contributed by atoms with Crippen LogP contribution in [0.4, 0.5) is 0 Å². The van der Waals surface area contributed by atoms with Gasteiger partial charge in [-0.1, -0.05) is 13.8 Å². The van der Waals surface area contributed by atoms with Gasteiger partial charge in [0.2, 0.25) is 5.91 Å². The first kappa shape index (κ1) is 18.4. The van der Waals surface area contributed by atoms with Crippen LogP contribution < -0.4 is 0 Å². The van der Waals surface area contributed by atoms with E-state index in [4.69, 9.17) is 14.9 Å². The van der Waals surface area contributed by atoms with Crippen molar-refractivity contribution in [2.75, 3.05) is 32.9 Å². The molecule has 0 spiro atoms. The van der Waals surface area contributed by atoms with Crippen LogP contribution in [0.1, 0.15) is 40.5 Å². The highest BCUT2D eigenvalue weighted by atomic mass is 16.5. The third-order valence-electron chi connectivity index (χ3n) is 2.86. The summed E-state index contributed by atoms with van der Waals surface area (Å²) in [6, 6.07) is 0. The number of amides is 1. The van der Waals surface area contributed by atoms with Crippen LogP contribution in [0.15, 0.2) is 0 Å². The summed E-state index contributed by atoms with van der Waals surface area (Å²) < 4.78 is 5.74. The van der Waals surface area contributed by atoms with E-state index in [0.29, 0.717) is 12.5 Å². The van der Waals surface area contributed by atoms with Gasteiger partial charge in [0.15, 0.2) is 0 Å². The molecule has 0 fully saturated rings. The molecule has 0 aliphatic carbocycles. The van der Waals surface area contributed by atoms with Crippen molar-refractivity contribution in [3.63, 3.8) is 0 Å². The lowest BCUT2D eigenvalue weighted by molar-refractivity contribution is -0.139. The normalized spacial score (nSPS) is 11.9. The summed E-state index contributed by atoms with van der Waals surface area (Å²) in [7, 11) is 0. The van der Waals surface area contributed by atoms with Gasteiger partial charge in [-0.25, -0.2) is 0 Å². The van der Waals surface area contributed by atoms with Crippen LogP contribution in [0, 0.1) is 5.92 Å². The van der Waals surface area contributed by atoms with Crippen LogP contribution in [-0.2, 0) is 9.53 Å². The maximum absolute atomic E-state index is 12.1. The van der Waals surface area contributed by atoms with E-state index < -0.39 is 5.60 Å². The minimum atomic E-state index is -0.519. The second kappa shape index (κ2) is 9.28. The summed E-state index contributed by atoms with van der Waals surface area (Å²) >= 11 is 0. The number of aliphatic hydroxyl groups excluding tert-OH is 2. The van der Waals surface area contributed by atoms with Crippen molar-refractivity contribution in [1.82, 2.24) is 4.90 Å². The molecule has 0 aliphatic rings. The SMILES string of the molecule is CC(C)CCOC(C)(C)CC(=O)N(CCO)CCO. The molecular weight excluding hydrogens is 246 g/mol. The molecule has 0 bridgehead atoms. The third-order valence-corrected chi connectivity index (χ3v) is 2.86. The fourth-order valence-corrected chi connectivity index (χ4v) is 1.70. The Morgan fingerprint density at radius 1 is 1.21 bits per heavy atom. The average molecular weight is 275 g/mol. The zero-order chi connectivity index (χ0) is 14.9. The summed E-state index contributed by atoms with van der Waals surface area (Å²) in [6.07, 6.45) is 1.22. The van der Waals surface area contributed by atoms with Crippen LogP contribution in [0.5, 0.6) is 0 Å². The number of nitrogens with zero attached hydrogens (tertiary/aromatic N) is 1. The number of hydrogen-bond donors (Lipinski definition) is 2. The topological polar surface area (TPSA) is 70.0 Å². The van der Waals surface area contributed by atoms with E-state index in [1.54, 1.807) is 0 Å². The standard InChI is InChI=1S/C14H29NO4/c1-12(2)5-10-19-14(3,4)11-13(18)15(6-8-16)7-9-17/h12,16-17H,5-11H2,1-4H3. The lowest BCUT2D eigenvalue weighted by atomic mass is 10.0. The maximum Gasteiger partial charge on any atom is 0.225 e. The average Bonchev–Trinajstić information content (AvgIpc) is 2.27.